The molecule has 0 aromatic carbocycles. The molecule has 1 fully saturated rings. The van der Waals surface area contributed by atoms with Gasteiger partial charge in [0.15, 0.2) is 0 Å². The largest absolute Gasteiger partial charge is 0.465 e. The molecule has 116 valence electrons. The number of ether oxygens (including phenoxy) is 1. The lowest BCUT2D eigenvalue weighted by Gasteiger charge is -2.20. The van der Waals surface area contributed by atoms with Crippen LogP contribution in [0.2, 0.25) is 0 Å². The third-order valence-corrected chi connectivity index (χ3v) is 5.35. The van der Waals surface area contributed by atoms with Crippen molar-refractivity contribution < 1.29 is 14.3 Å². The van der Waals surface area contributed by atoms with Gasteiger partial charge in [-0.05, 0) is 38.2 Å². The molecule has 1 heterocycles. The third kappa shape index (κ3) is 3.84. The van der Waals surface area contributed by atoms with Crippen LogP contribution < -0.4 is 5.32 Å². The number of anilines is 1. The highest BCUT2D eigenvalue weighted by Gasteiger charge is 2.23. The molecule has 1 aromatic heterocycles. The maximum Gasteiger partial charge on any atom is 0.341 e. The van der Waals surface area contributed by atoms with Gasteiger partial charge in [-0.3, -0.25) is 4.79 Å². The number of hydrogen-bond donors (Lipinski definition) is 1. The van der Waals surface area contributed by atoms with Crippen LogP contribution in [0.15, 0.2) is 0 Å². The first-order valence-corrected chi connectivity index (χ1v) is 8.32. The van der Waals surface area contributed by atoms with E-state index in [0.29, 0.717) is 22.9 Å². The predicted octanol–water partition coefficient (Wildman–Crippen LogP) is 4.06. The fraction of sp³-hybridized carbons (Fsp3) is 0.625. The number of methoxy groups -OCH3 is 1. The number of esters is 1. The average Bonchev–Trinajstić information content (AvgIpc) is 2.74. The van der Waals surface area contributed by atoms with Gasteiger partial charge in [0.2, 0.25) is 5.91 Å². The summed E-state index contributed by atoms with van der Waals surface area (Å²) in [6.07, 6.45) is 6.56. The Labute approximate surface area is 129 Å². The first-order valence-electron chi connectivity index (χ1n) is 7.51. The lowest BCUT2D eigenvalue weighted by Crippen LogP contribution is -2.19. The zero-order valence-corrected chi connectivity index (χ0v) is 13.8. The molecule has 21 heavy (non-hydrogen) atoms. The minimum Gasteiger partial charge on any atom is -0.465 e. The van der Waals surface area contributed by atoms with Crippen molar-refractivity contribution >= 4 is 28.2 Å². The molecule has 0 atom stereocenters. The average molecular weight is 309 g/mol. The second kappa shape index (κ2) is 7.07. The van der Waals surface area contributed by atoms with E-state index in [9.17, 15) is 9.59 Å². The van der Waals surface area contributed by atoms with Gasteiger partial charge in [-0.1, -0.05) is 19.3 Å². The molecule has 0 aliphatic heterocycles. The van der Waals surface area contributed by atoms with E-state index in [1.54, 1.807) is 0 Å². The van der Waals surface area contributed by atoms with E-state index in [4.69, 9.17) is 4.74 Å². The van der Waals surface area contributed by atoms with Gasteiger partial charge in [0.25, 0.3) is 0 Å². The van der Waals surface area contributed by atoms with Crippen LogP contribution in [-0.4, -0.2) is 19.0 Å². The number of hydrogen-bond acceptors (Lipinski definition) is 4. The topological polar surface area (TPSA) is 55.4 Å². The van der Waals surface area contributed by atoms with Crippen LogP contribution in [0.25, 0.3) is 0 Å². The smallest absolute Gasteiger partial charge is 0.341 e. The minimum absolute atomic E-state index is 0.00769. The van der Waals surface area contributed by atoms with Crippen LogP contribution in [0.5, 0.6) is 0 Å². The van der Waals surface area contributed by atoms with Crippen LogP contribution in [0.4, 0.5) is 5.00 Å². The summed E-state index contributed by atoms with van der Waals surface area (Å²) in [7, 11) is 1.36. The minimum atomic E-state index is -0.384. The van der Waals surface area contributed by atoms with Crippen LogP contribution in [-0.2, 0) is 9.53 Å². The molecular weight excluding hydrogens is 286 g/mol. The molecule has 5 heteroatoms. The molecule has 1 aliphatic carbocycles. The molecule has 1 amide bonds. The van der Waals surface area contributed by atoms with Crippen molar-refractivity contribution in [1.82, 2.24) is 0 Å². The summed E-state index contributed by atoms with van der Waals surface area (Å²) in [4.78, 5) is 25.1. The number of rotatable bonds is 4. The van der Waals surface area contributed by atoms with Crippen molar-refractivity contribution in [2.24, 2.45) is 5.92 Å². The number of aryl methyl sites for hydroxylation is 1. The molecule has 1 aliphatic rings. The van der Waals surface area contributed by atoms with E-state index < -0.39 is 0 Å². The summed E-state index contributed by atoms with van der Waals surface area (Å²) in [5.41, 5.74) is 1.39. The fourth-order valence-electron chi connectivity index (χ4n) is 2.89. The summed E-state index contributed by atoms with van der Waals surface area (Å²) < 4.78 is 4.82. The molecule has 0 spiro atoms. The van der Waals surface area contributed by atoms with Crippen molar-refractivity contribution in [2.45, 2.75) is 52.4 Å². The number of thiophene rings is 1. The summed E-state index contributed by atoms with van der Waals surface area (Å²) in [5, 5.41) is 3.54. The van der Waals surface area contributed by atoms with Gasteiger partial charge in [-0.2, -0.15) is 0 Å². The Morgan fingerprint density at radius 1 is 1.24 bits per heavy atom. The number of nitrogens with one attached hydrogen (secondary N) is 1. The van der Waals surface area contributed by atoms with E-state index in [1.807, 2.05) is 13.8 Å². The Kier molecular flexibility index (Phi) is 5.39. The van der Waals surface area contributed by atoms with E-state index in [0.717, 1.165) is 23.3 Å². The maximum atomic E-state index is 12.2. The normalized spacial score (nSPS) is 15.8. The Morgan fingerprint density at radius 3 is 2.52 bits per heavy atom. The van der Waals surface area contributed by atoms with Crippen molar-refractivity contribution in [1.29, 1.82) is 0 Å². The van der Waals surface area contributed by atoms with Gasteiger partial charge in [-0.25, -0.2) is 4.79 Å². The van der Waals surface area contributed by atoms with Crippen LogP contribution in [0.3, 0.4) is 0 Å². The molecule has 0 saturated heterocycles. The van der Waals surface area contributed by atoms with Gasteiger partial charge in [0.1, 0.15) is 5.00 Å². The van der Waals surface area contributed by atoms with Gasteiger partial charge < -0.3 is 10.1 Å². The number of carbonyl (C=O) groups excluding carboxylic acids is 2. The van der Waals surface area contributed by atoms with Gasteiger partial charge in [0.05, 0.1) is 12.7 Å². The molecule has 0 radical (unpaired) electrons. The summed E-state index contributed by atoms with van der Waals surface area (Å²) in [5.74, 6) is 0.112. The maximum absolute atomic E-state index is 12.2. The van der Waals surface area contributed by atoms with Crippen LogP contribution in [0, 0.1) is 19.8 Å². The SMILES string of the molecule is COC(=O)c1c(NC(=O)CC2CCCCC2)sc(C)c1C. The highest BCUT2D eigenvalue weighted by molar-refractivity contribution is 7.16. The van der Waals surface area contributed by atoms with E-state index >= 15 is 0 Å². The van der Waals surface area contributed by atoms with E-state index in [-0.39, 0.29) is 11.9 Å². The Bertz CT molecular complexity index is 530. The highest BCUT2D eigenvalue weighted by atomic mass is 32.1. The Hall–Kier alpha value is -1.36. The molecule has 1 aromatic rings. The predicted molar refractivity (Wildman–Crippen MR) is 85.0 cm³/mol. The van der Waals surface area contributed by atoms with E-state index in [2.05, 4.69) is 5.32 Å². The zero-order chi connectivity index (χ0) is 15.4. The van der Waals surface area contributed by atoms with Gasteiger partial charge >= 0.3 is 5.97 Å². The Balaban J connectivity index is 2.06. The number of amides is 1. The molecule has 0 unspecified atom stereocenters. The van der Waals surface area contributed by atoms with Crippen LogP contribution in [0.1, 0.15) is 59.3 Å². The summed E-state index contributed by atoms with van der Waals surface area (Å²) >= 11 is 1.44. The molecular formula is C16H23NO3S. The van der Waals surface area contributed by atoms with Crippen molar-refractivity contribution in [3.63, 3.8) is 0 Å². The first-order chi connectivity index (χ1) is 10.0. The summed E-state index contributed by atoms with van der Waals surface area (Å²) in [6.45, 7) is 3.83. The lowest BCUT2D eigenvalue weighted by molar-refractivity contribution is -0.117. The second-order valence-electron chi connectivity index (χ2n) is 5.74. The third-order valence-electron chi connectivity index (χ3n) is 4.23. The second-order valence-corrected chi connectivity index (χ2v) is 6.96. The fourth-order valence-corrected chi connectivity index (χ4v) is 3.96. The van der Waals surface area contributed by atoms with Gasteiger partial charge in [-0.15, -0.1) is 11.3 Å². The van der Waals surface area contributed by atoms with Crippen LogP contribution >= 0.6 is 11.3 Å². The Morgan fingerprint density at radius 2 is 1.90 bits per heavy atom. The van der Waals surface area contributed by atoms with E-state index in [1.165, 1.54) is 37.7 Å². The molecule has 4 nitrogen and oxygen atoms in total. The van der Waals surface area contributed by atoms with Crippen molar-refractivity contribution in [3.05, 3.63) is 16.0 Å². The number of carbonyl (C=O) groups is 2. The zero-order valence-electron chi connectivity index (χ0n) is 13.0. The molecule has 2 rings (SSSR count). The standard InChI is InChI=1S/C16H23NO3S/c1-10-11(2)21-15(14(10)16(19)20-3)17-13(18)9-12-7-5-4-6-8-12/h12H,4-9H2,1-3H3,(H,17,18). The summed E-state index contributed by atoms with van der Waals surface area (Å²) in [6, 6.07) is 0. The molecule has 0 bridgehead atoms. The quantitative estimate of drug-likeness (QED) is 0.853. The highest BCUT2D eigenvalue weighted by Crippen LogP contribution is 2.33. The monoisotopic (exact) mass is 309 g/mol. The lowest BCUT2D eigenvalue weighted by atomic mass is 9.87. The molecule has 1 saturated carbocycles. The van der Waals surface area contributed by atoms with Crippen molar-refractivity contribution in [2.75, 3.05) is 12.4 Å². The van der Waals surface area contributed by atoms with Crippen molar-refractivity contribution in [3.8, 4) is 0 Å². The molecule has 1 N–H and O–H groups in total. The van der Waals surface area contributed by atoms with Gasteiger partial charge in [0, 0.05) is 11.3 Å². The first kappa shape index (κ1) is 16.0.